The molecule has 2 aromatic rings. The molecule has 2 aromatic carbocycles. The minimum atomic E-state index is -0.0750. The summed E-state index contributed by atoms with van der Waals surface area (Å²) in [7, 11) is 0. The topological polar surface area (TPSA) is 21.3 Å². The Bertz CT molecular complexity index is 515. The van der Waals surface area contributed by atoms with Gasteiger partial charge in [-0.05, 0) is 56.2 Å². The Hall–Kier alpha value is -1.96. The first-order valence-electron chi connectivity index (χ1n) is 7.26. The van der Waals surface area contributed by atoms with Crippen LogP contribution in [0.5, 0.6) is 5.75 Å². The summed E-state index contributed by atoms with van der Waals surface area (Å²) in [6.45, 7) is 6.48. The lowest BCUT2D eigenvalue weighted by Crippen LogP contribution is -2.30. The van der Waals surface area contributed by atoms with Crippen LogP contribution in [-0.4, -0.2) is 5.60 Å². The zero-order chi connectivity index (χ0) is 14.4. The number of ether oxygens (including phenoxy) is 1. The fraction of sp³-hybridized carbons (Fsp3) is 0.333. The Balaban J connectivity index is 2.03. The first kappa shape index (κ1) is 14.4. The van der Waals surface area contributed by atoms with Gasteiger partial charge in [-0.3, -0.25) is 0 Å². The molecule has 0 saturated heterocycles. The van der Waals surface area contributed by atoms with E-state index in [9.17, 15) is 0 Å². The van der Waals surface area contributed by atoms with Crippen LogP contribution in [-0.2, 0) is 0 Å². The summed E-state index contributed by atoms with van der Waals surface area (Å²) in [6.07, 6.45) is 2.01. The highest BCUT2D eigenvalue weighted by molar-refractivity contribution is 5.60. The van der Waals surface area contributed by atoms with Gasteiger partial charge in [0.15, 0.2) is 0 Å². The highest BCUT2D eigenvalue weighted by atomic mass is 16.5. The van der Waals surface area contributed by atoms with Gasteiger partial charge in [0.2, 0.25) is 0 Å². The quantitative estimate of drug-likeness (QED) is 0.759. The molecule has 0 spiro atoms. The maximum absolute atomic E-state index is 6.08. The Kier molecular flexibility index (Phi) is 4.67. The normalized spacial score (nSPS) is 11.2. The Morgan fingerprint density at radius 3 is 1.95 bits per heavy atom. The first-order valence-corrected chi connectivity index (χ1v) is 7.26. The second kappa shape index (κ2) is 6.47. The summed E-state index contributed by atoms with van der Waals surface area (Å²) < 4.78 is 6.08. The molecular weight excluding hydrogens is 246 g/mol. The van der Waals surface area contributed by atoms with Gasteiger partial charge in [-0.1, -0.05) is 32.0 Å². The van der Waals surface area contributed by atoms with Gasteiger partial charge in [0.25, 0.3) is 0 Å². The van der Waals surface area contributed by atoms with E-state index in [-0.39, 0.29) is 5.60 Å². The second-order valence-electron chi connectivity index (χ2n) is 5.27. The van der Waals surface area contributed by atoms with Crippen LogP contribution >= 0.6 is 0 Å². The molecule has 2 heteroatoms. The molecule has 2 nitrogen and oxygen atoms in total. The van der Waals surface area contributed by atoms with Gasteiger partial charge < -0.3 is 10.1 Å². The fourth-order valence-electron chi connectivity index (χ4n) is 1.97. The van der Waals surface area contributed by atoms with Crippen molar-refractivity contribution in [1.29, 1.82) is 0 Å². The molecule has 0 heterocycles. The minimum absolute atomic E-state index is 0.0750. The molecule has 0 aliphatic carbocycles. The van der Waals surface area contributed by atoms with Crippen LogP contribution in [0, 0.1) is 0 Å². The molecule has 0 unspecified atom stereocenters. The molecule has 0 saturated carbocycles. The van der Waals surface area contributed by atoms with Crippen molar-refractivity contribution in [2.45, 2.75) is 39.2 Å². The van der Waals surface area contributed by atoms with Crippen LogP contribution in [0.1, 0.15) is 33.6 Å². The smallest absolute Gasteiger partial charge is 0.120 e. The Morgan fingerprint density at radius 1 is 0.850 bits per heavy atom. The summed E-state index contributed by atoms with van der Waals surface area (Å²) in [5, 5.41) is 3.37. The van der Waals surface area contributed by atoms with Crippen molar-refractivity contribution in [3.8, 4) is 5.75 Å². The van der Waals surface area contributed by atoms with Crippen molar-refractivity contribution in [2.24, 2.45) is 0 Å². The van der Waals surface area contributed by atoms with Crippen molar-refractivity contribution in [3.63, 3.8) is 0 Å². The Labute approximate surface area is 121 Å². The third-order valence-electron chi connectivity index (χ3n) is 3.78. The predicted molar refractivity (Wildman–Crippen MR) is 85.8 cm³/mol. The molecule has 0 aliphatic heterocycles. The van der Waals surface area contributed by atoms with E-state index < -0.39 is 0 Å². The van der Waals surface area contributed by atoms with Gasteiger partial charge in [0.05, 0.1) is 0 Å². The second-order valence-corrected chi connectivity index (χ2v) is 5.27. The van der Waals surface area contributed by atoms with Gasteiger partial charge in [-0.15, -0.1) is 0 Å². The van der Waals surface area contributed by atoms with E-state index in [1.807, 2.05) is 42.5 Å². The van der Waals surface area contributed by atoms with Gasteiger partial charge >= 0.3 is 0 Å². The van der Waals surface area contributed by atoms with E-state index in [0.717, 1.165) is 30.0 Å². The lowest BCUT2D eigenvalue weighted by molar-refractivity contribution is 0.0803. The molecule has 0 aliphatic rings. The van der Waals surface area contributed by atoms with E-state index in [4.69, 9.17) is 4.74 Å². The van der Waals surface area contributed by atoms with E-state index in [1.165, 1.54) is 0 Å². The molecule has 1 N–H and O–H groups in total. The third-order valence-corrected chi connectivity index (χ3v) is 3.78. The Morgan fingerprint density at radius 2 is 1.40 bits per heavy atom. The fourth-order valence-corrected chi connectivity index (χ4v) is 1.97. The van der Waals surface area contributed by atoms with E-state index >= 15 is 0 Å². The first-order chi connectivity index (χ1) is 9.65. The lowest BCUT2D eigenvalue weighted by Gasteiger charge is -2.28. The van der Waals surface area contributed by atoms with E-state index in [2.05, 4.69) is 38.2 Å². The van der Waals surface area contributed by atoms with Crippen LogP contribution in [0.15, 0.2) is 54.6 Å². The zero-order valence-corrected chi connectivity index (χ0v) is 12.5. The van der Waals surface area contributed by atoms with Crippen molar-refractivity contribution >= 4 is 11.4 Å². The molecule has 0 aromatic heterocycles. The SMILES string of the molecule is CCC(C)(CC)Oc1ccc(Nc2ccccc2)cc1. The standard InChI is InChI=1S/C18H23NO/c1-4-18(3,5-2)20-17-13-11-16(12-14-17)19-15-9-7-6-8-10-15/h6-14,19H,4-5H2,1-3H3. The molecular formula is C18H23NO. The minimum Gasteiger partial charge on any atom is -0.488 e. The summed E-state index contributed by atoms with van der Waals surface area (Å²) in [6, 6.07) is 18.3. The number of hydrogen-bond donors (Lipinski definition) is 1. The zero-order valence-electron chi connectivity index (χ0n) is 12.5. The van der Waals surface area contributed by atoms with Crippen molar-refractivity contribution < 1.29 is 4.74 Å². The average molecular weight is 269 g/mol. The number of rotatable bonds is 6. The molecule has 0 fully saturated rings. The molecule has 2 rings (SSSR count). The van der Waals surface area contributed by atoms with Gasteiger partial charge in [-0.25, -0.2) is 0 Å². The van der Waals surface area contributed by atoms with Crippen LogP contribution in [0.3, 0.4) is 0 Å². The van der Waals surface area contributed by atoms with Crippen LogP contribution in [0.4, 0.5) is 11.4 Å². The highest BCUT2D eigenvalue weighted by Gasteiger charge is 2.21. The molecule has 0 radical (unpaired) electrons. The summed E-state index contributed by atoms with van der Waals surface area (Å²) in [5.74, 6) is 0.926. The van der Waals surface area contributed by atoms with E-state index in [0.29, 0.717) is 0 Å². The van der Waals surface area contributed by atoms with Gasteiger partial charge in [0.1, 0.15) is 11.4 Å². The predicted octanol–water partition coefficient (Wildman–Crippen LogP) is 5.39. The van der Waals surface area contributed by atoms with Gasteiger partial charge in [0, 0.05) is 11.4 Å². The highest BCUT2D eigenvalue weighted by Crippen LogP contribution is 2.26. The molecule has 0 amide bonds. The summed E-state index contributed by atoms with van der Waals surface area (Å²) >= 11 is 0. The van der Waals surface area contributed by atoms with Crippen LogP contribution in [0.25, 0.3) is 0 Å². The van der Waals surface area contributed by atoms with Crippen molar-refractivity contribution in [3.05, 3.63) is 54.6 Å². The molecule has 20 heavy (non-hydrogen) atoms. The maximum Gasteiger partial charge on any atom is 0.120 e. The number of benzene rings is 2. The molecule has 0 bridgehead atoms. The number of hydrogen-bond acceptors (Lipinski definition) is 2. The van der Waals surface area contributed by atoms with Crippen molar-refractivity contribution in [1.82, 2.24) is 0 Å². The van der Waals surface area contributed by atoms with Crippen molar-refractivity contribution in [2.75, 3.05) is 5.32 Å². The molecule has 0 atom stereocenters. The number of nitrogens with one attached hydrogen (secondary N) is 1. The number of para-hydroxylation sites is 1. The van der Waals surface area contributed by atoms with Crippen LogP contribution < -0.4 is 10.1 Å². The average Bonchev–Trinajstić information content (AvgIpc) is 2.50. The monoisotopic (exact) mass is 269 g/mol. The third kappa shape index (κ3) is 3.77. The summed E-state index contributed by atoms with van der Waals surface area (Å²) in [4.78, 5) is 0. The number of anilines is 2. The maximum atomic E-state index is 6.08. The largest absolute Gasteiger partial charge is 0.488 e. The summed E-state index contributed by atoms with van der Waals surface area (Å²) in [5.41, 5.74) is 2.08. The van der Waals surface area contributed by atoms with Gasteiger partial charge in [-0.2, -0.15) is 0 Å². The molecule has 106 valence electrons. The van der Waals surface area contributed by atoms with E-state index in [1.54, 1.807) is 0 Å². The lowest BCUT2D eigenvalue weighted by atomic mass is 10.00. The van der Waals surface area contributed by atoms with Crippen LogP contribution in [0.2, 0.25) is 0 Å².